The Morgan fingerprint density at radius 1 is 1.10 bits per heavy atom. The number of methoxy groups -OCH3 is 2. The summed E-state index contributed by atoms with van der Waals surface area (Å²) in [5.41, 5.74) is 3.47. The second-order valence-corrected chi connectivity index (χ2v) is 7.20. The van der Waals surface area contributed by atoms with E-state index in [4.69, 9.17) is 14.2 Å². The predicted molar refractivity (Wildman–Crippen MR) is 114 cm³/mol. The molecule has 1 amide bonds. The van der Waals surface area contributed by atoms with Crippen LogP contribution in [0, 0.1) is 0 Å². The van der Waals surface area contributed by atoms with Gasteiger partial charge in [-0.2, -0.15) is 0 Å². The van der Waals surface area contributed by atoms with Gasteiger partial charge < -0.3 is 19.1 Å². The number of carbonyl (C=O) groups is 1. The fourth-order valence-corrected chi connectivity index (χ4v) is 3.68. The Morgan fingerprint density at radius 3 is 2.70 bits per heavy atom. The first kappa shape index (κ1) is 19.8. The minimum absolute atomic E-state index is 0.109. The van der Waals surface area contributed by atoms with Crippen molar-refractivity contribution in [1.29, 1.82) is 0 Å². The van der Waals surface area contributed by atoms with E-state index < -0.39 is 0 Å². The lowest BCUT2D eigenvalue weighted by Gasteiger charge is -2.27. The van der Waals surface area contributed by atoms with Gasteiger partial charge in [-0.1, -0.05) is 18.2 Å². The molecule has 0 aliphatic carbocycles. The number of rotatable bonds is 4. The molecule has 0 N–H and O–H groups in total. The Kier molecular flexibility index (Phi) is 5.57. The highest BCUT2D eigenvalue weighted by Crippen LogP contribution is 2.34. The predicted octanol–water partition coefficient (Wildman–Crippen LogP) is 4.19. The van der Waals surface area contributed by atoms with Crippen LogP contribution in [0.25, 0.3) is 11.1 Å². The zero-order valence-corrected chi connectivity index (χ0v) is 17.3. The zero-order chi connectivity index (χ0) is 21.1. The van der Waals surface area contributed by atoms with E-state index in [0.29, 0.717) is 30.2 Å². The minimum Gasteiger partial charge on any atom is -0.493 e. The van der Waals surface area contributed by atoms with Crippen LogP contribution in [-0.2, 0) is 6.54 Å². The Balaban J connectivity index is 1.70. The third kappa shape index (κ3) is 3.68. The van der Waals surface area contributed by atoms with E-state index in [1.807, 2.05) is 42.3 Å². The van der Waals surface area contributed by atoms with Crippen LogP contribution in [0.2, 0.25) is 0 Å². The topological polar surface area (TPSA) is 60.9 Å². The summed E-state index contributed by atoms with van der Waals surface area (Å²) in [6, 6.07) is 15.2. The fourth-order valence-electron chi connectivity index (χ4n) is 3.68. The van der Waals surface area contributed by atoms with Gasteiger partial charge in [0.1, 0.15) is 12.4 Å². The molecule has 1 unspecified atom stereocenters. The van der Waals surface area contributed by atoms with E-state index >= 15 is 0 Å². The highest BCUT2D eigenvalue weighted by atomic mass is 16.5. The zero-order valence-electron chi connectivity index (χ0n) is 17.3. The quantitative estimate of drug-likeness (QED) is 0.653. The van der Waals surface area contributed by atoms with E-state index in [9.17, 15) is 4.79 Å². The number of carbonyl (C=O) groups excluding carboxylic acids is 1. The molecule has 0 bridgehead atoms. The van der Waals surface area contributed by atoms with Crippen LogP contribution in [0.15, 0.2) is 60.9 Å². The first-order valence-corrected chi connectivity index (χ1v) is 9.80. The number of pyridine rings is 1. The van der Waals surface area contributed by atoms with Crippen LogP contribution in [0.1, 0.15) is 22.8 Å². The molecule has 0 spiro atoms. The molecule has 1 aliphatic heterocycles. The number of fused-ring (bicyclic) bond motifs is 1. The molecular weight excluding hydrogens is 380 g/mol. The van der Waals surface area contributed by atoms with Gasteiger partial charge in [0.15, 0.2) is 11.5 Å². The second-order valence-electron chi connectivity index (χ2n) is 7.20. The van der Waals surface area contributed by atoms with Gasteiger partial charge in [-0.25, -0.2) is 0 Å². The van der Waals surface area contributed by atoms with Crippen LogP contribution in [0.5, 0.6) is 17.2 Å². The van der Waals surface area contributed by atoms with E-state index in [-0.39, 0.29) is 11.9 Å². The largest absolute Gasteiger partial charge is 0.493 e. The molecule has 3 aromatic rings. The molecule has 1 aliphatic rings. The summed E-state index contributed by atoms with van der Waals surface area (Å²) in [4.78, 5) is 19.5. The lowest BCUT2D eigenvalue weighted by atomic mass is 10.0. The van der Waals surface area contributed by atoms with Crippen molar-refractivity contribution in [2.75, 3.05) is 20.8 Å². The van der Waals surface area contributed by atoms with E-state index in [1.54, 1.807) is 38.6 Å². The van der Waals surface area contributed by atoms with Crippen molar-refractivity contribution >= 4 is 5.91 Å². The molecule has 1 aromatic heterocycles. The maximum atomic E-state index is 13.5. The molecular formula is C24H24N2O4. The lowest BCUT2D eigenvalue weighted by molar-refractivity contribution is 0.0641. The molecule has 154 valence electrons. The van der Waals surface area contributed by atoms with Crippen LogP contribution < -0.4 is 14.2 Å². The van der Waals surface area contributed by atoms with Gasteiger partial charge in [0, 0.05) is 23.5 Å². The number of aromatic nitrogens is 1. The van der Waals surface area contributed by atoms with Gasteiger partial charge in [-0.15, -0.1) is 0 Å². The van der Waals surface area contributed by atoms with E-state index in [2.05, 4.69) is 11.1 Å². The van der Waals surface area contributed by atoms with Crippen molar-refractivity contribution in [2.24, 2.45) is 0 Å². The minimum atomic E-state index is -0.124. The van der Waals surface area contributed by atoms with Gasteiger partial charge in [0.2, 0.25) is 0 Å². The summed E-state index contributed by atoms with van der Waals surface area (Å²) < 4.78 is 16.8. The molecule has 0 fully saturated rings. The van der Waals surface area contributed by atoms with Crippen molar-refractivity contribution in [3.8, 4) is 28.4 Å². The number of nitrogens with zero attached hydrogens (tertiary/aromatic N) is 2. The molecule has 4 rings (SSSR count). The standard InChI is InChI=1S/C24H24N2O4/c1-16-15-30-21-10-9-17(18-6-5-11-25-13-18)12-19(21)14-26(16)24(27)20-7-4-8-22(28-2)23(20)29-3/h4-13,16H,14-15H2,1-3H3. The number of para-hydroxylation sites is 1. The summed E-state index contributed by atoms with van der Waals surface area (Å²) in [7, 11) is 3.10. The van der Waals surface area contributed by atoms with Crippen molar-refractivity contribution in [3.05, 3.63) is 72.1 Å². The molecule has 30 heavy (non-hydrogen) atoms. The number of amides is 1. The van der Waals surface area contributed by atoms with Gasteiger partial charge in [-0.3, -0.25) is 9.78 Å². The van der Waals surface area contributed by atoms with Crippen molar-refractivity contribution in [1.82, 2.24) is 9.88 Å². The SMILES string of the molecule is COc1cccc(C(=O)N2Cc3cc(-c4cccnc4)ccc3OCC2C)c1OC. The summed E-state index contributed by atoms with van der Waals surface area (Å²) in [6.07, 6.45) is 3.58. The number of hydrogen-bond donors (Lipinski definition) is 0. The van der Waals surface area contributed by atoms with Gasteiger partial charge in [0.05, 0.1) is 32.4 Å². The maximum Gasteiger partial charge on any atom is 0.258 e. The van der Waals surface area contributed by atoms with Crippen LogP contribution >= 0.6 is 0 Å². The van der Waals surface area contributed by atoms with Crippen LogP contribution in [0.4, 0.5) is 0 Å². The Labute approximate surface area is 176 Å². The Morgan fingerprint density at radius 2 is 1.97 bits per heavy atom. The molecule has 0 saturated carbocycles. The molecule has 2 heterocycles. The van der Waals surface area contributed by atoms with E-state index in [1.165, 1.54) is 0 Å². The van der Waals surface area contributed by atoms with Gasteiger partial charge >= 0.3 is 0 Å². The second kappa shape index (κ2) is 8.45. The third-order valence-electron chi connectivity index (χ3n) is 5.30. The molecule has 0 radical (unpaired) electrons. The first-order valence-electron chi connectivity index (χ1n) is 9.80. The molecule has 6 nitrogen and oxygen atoms in total. The number of hydrogen-bond acceptors (Lipinski definition) is 5. The number of benzene rings is 2. The summed E-state index contributed by atoms with van der Waals surface area (Å²) >= 11 is 0. The number of ether oxygens (including phenoxy) is 3. The Hall–Kier alpha value is -3.54. The third-order valence-corrected chi connectivity index (χ3v) is 5.30. The van der Waals surface area contributed by atoms with Crippen molar-refractivity contribution < 1.29 is 19.0 Å². The highest BCUT2D eigenvalue weighted by Gasteiger charge is 2.29. The average molecular weight is 404 g/mol. The normalized spacial score (nSPS) is 15.6. The molecule has 2 aromatic carbocycles. The maximum absolute atomic E-state index is 13.5. The van der Waals surface area contributed by atoms with Gasteiger partial charge in [-0.05, 0) is 42.8 Å². The smallest absolute Gasteiger partial charge is 0.258 e. The molecule has 0 saturated heterocycles. The van der Waals surface area contributed by atoms with Crippen molar-refractivity contribution in [2.45, 2.75) is 19.5 Å². The molecule has 1 atom stereocenters. The first-order chi connectivity index (χ1) is 14.6. The van der Waals surface area contributed by atoms with Crippen molar-refractivity contribution in [3.63, 3.8) is 0 Å². The highest BCUT2D eigenvalue weighted by molar-refractivity contribution is 5.98. The summed E-state index contributed by atoms with van der Waals surface area (Å²) in [5, 5.41) is 0. The Bertz CT molecular complexity index is 1050. The molecule has 6 heteroatoms. The van der Waals surface area contributed by atoms with Gasteiger partial charge in [0.25, 0.3) is 5.91 Å². The van der Waals surface area contributed by atoms with E-state index in [0.717, 1.165) is 22.4 Å². The summed E-state index contributed by atoms with van der Waals surface area (Å²) in [5.74, 6) is 1.64. The summed E-state index contributed by atoms with van der Waals surface area (Å²) in [6.45, 7) is 2.83. The average Bonchev–Trinajstić information content (AvgIpc) is 2.96. The monoisotopic (exact) mass is 404 g/mol. The lowest BCUT2D eigenvalue weighted by Crippen LogP contribution is -2.40. The van der Waals surface area contributed by atoms with Crippen LogP contribution in [0.3, 0.4) is 0 Å². The van der Waals surface area contributed by atoms with Crippen LogP contribution in [-0.4, -0.2) is 42.7 Å². The fraction of sp³-hybridized carbons (Fsp3) is 0.250.